The van der Waals surface area contributed by atoms with Crippen LogP contribution in [0, 0.1) is 0 Å². The summed E-state index contributed by atoms with van der Waals surface area (Å²) in [5.74, 6) is 1.27. The van der Waals surface area contributed by atoms with E-state index < -0.39 is 0 Å². The van der Waals surface area contributed by atoms with E-state index in [0.717, 1.165) is 12.3 Å². The summed E-state index contributed by atoms with van der Waals surface area (Å²) in [4.78, 5) is 12.1. The molecule has 0 unspecified atom stereocenters. The first-order valence-electron chi connectivity index (χ1n) is 7.60. The van der Waals surface area contributed by atoms with Crippen LogP contribution in [0.3, 0.4) is 0 Å². The summed E-state index contributed by atoms with van der Waals surface area (Å²) in [6.45, 7) is 2.70. The second kappa shape index (κ2) is 9.61. The number of carbonyl (C=O) groups excluding carboxylic acids is 1. The van der Waals surface area contributed by atoms with Crippen LogP contribution in [0.5, 0.6) is 11.5 Å². The largest absolute Gasteiger partial charge is 0.457 e. The van der Waals surface area contributed by atoms with Crippen molar-refractivity contribution in [2.45, 2.75) is 0 Å². The van der Waals surface area contributed by atoms with E-state index in [0.29, 0.717) is 31.0 Å². The lowest BCUT2D eigenvalue weighted by atomic mass is 10.2. The number of rotatable bonds is 9. The minimum Gasteiger partial charge on any atom is -0.457 e. The Morgan fingerprint density at radius 2 is 1.74 bits per heavy atom. The summed E-state index contributed by atoms with van der Waals surface area (Å²) in [5, 5.41) is 6.04. The van der Waals surface area contributed by atoms with Crippen LogP contribution in [0.2, 0.25) is 0 Å². The molecule has 5 nitrogen and oxygen atoms in total. The fourth-order valence-corrected chi connectivity index (χ4v) is 1.99. The predicted molar refractivity (Wildman–Crippen MR) is 90.0 cm³/mol. The maximum atomic E-state index is 12.1. The lowest BCUT2D eigenvalue weighted by molar-refractivity contribution is 0.0953. The zero-order chi connectivity index (χ0) is 16.3. The zero-order valence-corrected chi connectivity index (χ0v) is 13.2. The van der Waals surface area contributed by atoms with Crippen LogP contribution in [0.1, 0.15) is 10.4 Å². The first-order valence-corrected chi connectivity index (χ1v) is 7.60. The molecule has 1 amide bonds. The molecule has 0 heterocycles. The lowest BCUT2D eigenvalue weighted by Gasteiger charge is -2.09. The van der Waals surface area contributed by atoms with Gasteiger partial charge >= 0.3 is 0 Å². The lowest BCUT2D eigenvalue weighted by Crippen LogP contribution is -2.33. The van der Waals surface area contributed by atoms with Crippen molar-refractivity contribution in [2.24, 2.45) is 0 Å². The van der Waals surface area contributed by atoms with Crippen molar-refractivity contribution in [1.82, 2.24) is 10.6 Å². The molecule has 0 atom stereocenters. The van der Waals surface area contributed by atoms with Crippen molar-refractivity contribution >= 4 is 5.91 Å². The Morgan fingerprint density at radius 1 is 0.957 bits per heavy atom. The summed E-state index contributed by atoms with van der Waals surface area (Å²) in [6.07, 6.45) is 0. The Hall–Kier alpha value is -2.37. The zero-order valence-electron chi connectivity index (χ0n) is 13.2. The topological polar surface area (TPSA) is 59.6 Å². The number of ether oxygens (including phenoxy) is 2. The average Bonchev–Trinajstić information content (AvgIpc) is 2.59. The molecule has 0 aromatic heterocycles. The quantitative estimate of drug-likeness (QED) is 0.698. The van der Waals surface area contributed by atoms with Gasteiger partial charge in [0.25, 0.3) is 5.91 Å². The molecule has 5 heteroatoms. The second-order valence-corrected chi connectivity index (χ2v) is 4.94. The van der Waals surface area contributed by atoms with Gasteiger partial charge in [-0.05, 0) is 30.3 Å². The highest BCUT2D eigenvalue weighted by molar-refractivity contribution is 5.94. The first-order chi connectivity index (χ1) is 11.3. The fraction of sp³-hybridized carbons (Fsp3) is 0.278. The van der Waals surface area contributed by atoms with Crippen molar-refractivity contribution in [2.75, 3.05) is 33.4 Å². The summed E-state index contributed by atoms with van der Waals surface area (Å²) in [5.41, 5.74) is 0.579. The number of carbonyl (C=O) groups is 1. The number of benzene rings is 2. The van der Waals surface area contributed by atoms with Crippen LogP contribution < -0.4 is 15.4 Å². The van der Waals surface area contributed by atoms with Gasteiger partial charge in [-0.1, -0.05) is 24.3 Å². The number of para-hydroxylation sites is 1. The monoisotopic (exact) mass is 314 g/mol. The SMILES string of the molecule is COCCNCCNC(=O)c1cccc(Oc2ccccc2)c1. The Balaban J connectivity index is 1.83. The Bertz CT molecular complexity index is 602. The Labute approximate surface area is 136 Å². The summed E-state index contributed by atoms with van der Waals surface area (Å²) in [6, 6.07) is 16.6. The molecule has 0 aliphatic heterocycles. The molecule has 0 spiro atoms. The highest BCUT2D eigenvalue weighted by Crippen LogP contribution is 2.21. The molecule has 0 aliphatic rings. The van der Waals surface area contributed by atoms with E-state index in [1.54, 1.807) is 19.2 Å². The van der Waals surface area contributed by atoms with Crippen LogP contribution in [-0.4, -0.2) is 39.3 Å². The number of nitrogens with one attached hydrogen (secondary N) is 2. The summed E-state index contributed by atoms with van der Waals surface area (Å²) in [7, 11) is 1.66. The number of methoxy groups -OCH3 is 1. The average molecular weight is 314 g/mol. The van der Waals surface area contributed by atoms with E-state index >= 15 is 0 Å². The van der Waals surface area contributed by atoms with Crippen LogP contribution in [0.15, 0.2) is 54.6 Å². The van der Waals surface area contributed by atoms with E-state index in [-0.39, 0.29) is 5.91 Å². The van der Waals surface area contributed by atoms with Crippen LogP contribution in [-0.2, 0) is 4.74 Å². The van der Waals surface area contributed by atoms with Gasteiger partial charge < -0.3 is 20.1 Å². The van der Waals surface area contributed by atoms with Gasteiger partial charge in [-0.2, -0.15) is 0 Å². The minimum atomic E-state index is -0.114. The fourth-order valence-electron chi connectivity index (χ4n) is 1.99. The molecule has 2 aromatic rings. The van der Waals surface area contributed by atoms with Crippen molar-refractivity contribution < 1.29 is 14.3 Å². The maximum absolute atomic E-state index is 12.1. The smallest absolute Gasteiger partial charge is 0.251 e. The van der Waals surface area contributed by atoms with Gasteiger partial charge in [0.1, 0.15) is 11.5 Å². The Morgan fingerprint density at radius 3 is 2.52 bits per heavy atom. The van der Waals surface area contributed by atoms with Gasteiger partial charge in [-0.15, -0.1) is 0 Å². The molecule has 0 saturated carbocycles. The molecule has 0 saturated heterocycles. The molecular weight excluding hydrogens is 292 g/mol. The third kappa shape index (κ3) is 6.10. The van der Waals surface area contributed by atoms with E-state index in [1.807, 2.05) is 42.5 Å². The van der Waals surface area contributed by atoms with Crippen molar-refractivity contribution in [3.05, 3.63) is 60.2 Å². The molecule has 2 N–H and O–H groups in total. The third-order valence-electron chi connectivity index (χ3n) is 3.15. The summed E-state index contributed by atoms with van der Waals surface area (Å²) >= 11 is 0. The molecular formula is C18H22N2O3. The van der Waals surface area contributed by atoms with Gasteiger partial charge in [-0.25, -0.2) is 0 Å². The molecule has 0 fully saturated rings. The highest BCUT2D eigenvalue weighted by Gasteiger charge is 2.06. The Kier molecular flexibility index (Phi) is 7.10. The van der Waals surface area contributed by atoms with Crippen molar-refractivity contribution in [3.63, 3.8) is 0 Å². The number of hydrogen-bond acceptors (Lipinski definition) is 4. The molecule has 2 aromatic carbocycles. The molecule has 122 valence electrons. The predicted octanol–water partition coefficient (Wildman–Crippen LogP) is 2.44. The standard InChI is InChI=1S/C18H22N2O3/c1-22-13-12-19-10-11-20-18(21)15-6-5-9-17(14-15)23-16-7-3-2-4-8-16/h2-9,14,19H,10-13H2,1H3,(H,20,21). The van der Waals surface area contributed by atoms with Gasteiger partial charge in [0.2, 0.25) is 0 Å². The van der Waals surface area contributed by atoms with Gasteiger partial charge in [0, 0.05) is 32.3 Å². The molecule has 0 radical (unpaired) electrons. The number of amides is 1. The highest BCUT2D eigenvalue weighted by atomic mass is 16.5. The molecule has 23 heavy (non-hydrogen) atoms. The van der Waals surface area contributed by atoms with Gasteiger partial charge in [0.15, 0.2) is 0 Å². The van der Waals surface area contributed by atoms with E-state index in [2.05, 4.69) is 10.6 Å². The molecule has 2 rings (SSSR count). The first kappa shape index (κ1) is 17.0. The molecule has 0 aliphatic carbocycles. The third-order valence-corrected chi connectivity index (χ3v) is 3.15. The van der Waals surface area contributed by atoms with E-state index in [1.165, 1.54) is 0 Å². The van der Waals surface area contributed by atoms with Gasteiger partial charge in [0.05, 0.1) is 6.61 Å². The van der Waals surface area contributed by atoms with Crippen molar-refractivity contribution in [3.8, 4) is 11.5 Å². The van der Waals surface area contributed by atoms with Crippen LogP contribution in [0.4, 0.5) is 0 Å². The second-order valence-electron chi connectivity index (χ2n) is 4.94. The van der Waals surface area contributed by atoms with Crippen LogP contribution >= 0.6 is 0 Å². The van der Waals surface area contributed by atoms with Gasteiger partial charge in [-0.3, -0.25) is 4.79 Å². The normalized spacial score (nSPS) is 10.3. The van der Waals surface area contributed by atoms with Crippen molar-refractivity contribution in [1.29, 1.82) is 0 Å². The summed E-state index contributed by atoms with van der Waals surface area (Å²) < 4.78 is 10.7. The van der Waals surface area contributed by atoms with E-state index in [9.17, 15) is 4.79 Å². The maximum Gasteiger partial charge on any atom is 0.251 e. The van der Waals surface area contributed by atoms with E-state index in [4.69, 9.17) is 9.47 Å². The van der Waals surface area contributed by atoms with Crippen LogP contribution in [0.25, 0.3) is 0 Å². The number of hydrogen-bond donors (Lipinski definition) is 2. The molecule has 0 bridgehead atoms. The minimum absolute atomic E-state index is 0.114.